The van der Waals surface area contributed by atoms with Crippen LogP contribution in [0.3, 0.4) is 0 Å². The highest BCUT2D eigenvalue weighted by Gasteiger charge is 2.23. The van der Waals surface area contributed by atoms with Crippen LogP contribution in [0.15, 0.2) is 24.3 Å². The molecule has 0 saturated carbocycles. The number of benzene rings is 1. The molecule has 0 amide bonds. The van der Waals surface area contributed by atoms with Gasteiger partial charge >= 0.3 is 5.97 Å². The molecule has 3 rings (SSSR count). The van der Waals surface area contributed by atoms with E-state index in [1.807, 2.05) is 45.9 Å². The minimum Gasteiger partial charge on any atom is -0.461 e. The van der Waals surface area contributed by atoms with Gasteiger partial charge in [-0.1, -0.05) is 32.0 Å². The van der Waals surface area contributed by atoms with Gasteiger partial charge in [0.25, 0.3) is 0 Å². The second-order valence-corrected chi connectivity index (χ2v) is 6.90. The Bertz CT molecular complexity index is 1010. The molecule has 0 fully saturated rings. The second-order valence-electron chi connectivity index (χ2n) is 6.90. The average Bonchev–Trinajstić information content (AvgIpc) is 2.96. The van der Waals surface area contributed by atoms with Crippen molar-refractivity contribution in [1.29, 1.82) is 0 Å². The Hall–Kier alpha value is -2.73. The highest BCUT2D eigenvalue weighted by atomic mass is 16.5. The molecule has 0 unspecified atom stereocenters. The van der Waals surface area contributed by atoms with Crippen molar-refractivity contribution in [2.45, 2.75) is 47.1 Å². The van der Waals surface area contributed by atoms with Crippen LogP contribution in [0.25, 0.3) is 16.8 Å². The van der Waals surface area contributed by atoms with E-state index in [0.717, 1.165) is 33.6 Å². The van der Waals surface area contributed by atoms with Gasteiger partial charge in [-0.25, -0.2) is 14.3 Å². The molecule has 27 heavy (non-hydrogen) atoms. The van der Waals surface area contributed by atoms with Gasteiger partial charge in [-0.15, -0.1) is 0 Å². The number of aromatic nitrogens is 3. The Kier molecular flexibility index (Phi) is 5.28. The number of nitrogens with zero attached hydrogens (tertiary/aromatic N) is 3. The molecule has 0 bridgehead atoms. The topological polar surface area (TPSA) is 76.7 Å². The first kappa shape index (κ1) is 19.0. The molecule has 1 N–H and O–H groups in total. The number of aliphatic hydroxyl groups excluding tert-OH is 1. The summed E-state index contributed by atoms with van der Waals surface area (Å²) < 4.78 is 6.96. The zero-order valence-corrected chi connectivity index (χ0v) is 16.4. The minimum atomic E-state index is -0.445. The molecule has 6 nitrogen and oxygen atoms in total. The Labute approximate surface area is 158 Å². The number of ether oxygens (including phenoxy) is 1. The van der Waals surface area contributed by atoms with Crippen molar-refractivity contribution in [2.75, 3.05) is 6.61 Å². The summed E-state index contributed by atoms with van der Waals surface area (Å²) in [5, 5.41) is 14.5. The zero-order chi connectivity index (χ0) is 19.7. The Morgan fingerprint density at radius 2 is 2.00 bits per heavy atom. The molecule has 6 heteroatoms. The number of aryl methyl sites for hydroxylation is 2. The summed E-state index contributed by atoms with van der Waals surface area (Å²) in [6.45, 7) is 10.0. The van der Waals surface area contributed by atoms with Crippen molar-refractivity contribution >= 4 is 11.6 Å². The van der Waals surface area contributed by atoms with Gasteiger partial charge in [0.2, 0.25) is 0 Å². The molecule has 0 aliphatic rings. The number of rotatable bonds is 5. The van der Waals surface area contributed by atoms with Gasteiger partial charge in [-0.05, 0) is 49.4 Å². The van der Waals surface area contributed by atoms with Crippen molar-refractivity contribution < 1.29 is 14.6 Å². The van der Waals surface area contributed by atoms with Crippen LogP contribution in [0.4, 0.5) is 0 Å². The second kappa shape index (κ2) is 7.48. The first-order valence-electron chi connectivity index (χ1n) is 9.16. The maximum Gasteiger partial charge on any atom is 0.357 e. The third-order valence-corrected chi connectivity index (χ3v) is 4.65. The number of hydrogen-bond acceptors (Lipinski definition) is 5. The summed E-state index contributed by atoms with van der Waals surface area (Å²) in [7, 11) is 0. The van der Waals surface area contributed by atoms with Crippen molar-refractivity contribution in [3.8, 4) is 11.1 Å². The number of carbonyl (C=O) groups is 1. The van der Waals surface area contributed by atoms with E-state index in [1.54, 1.807) is 17.5 Å². The van der Waals surface area contributed by atoms with Crippen LogP contribution in [0.2, 0.25) is 0 Å². The molecule has 2 aromatic heterocycles. The van der Waals surface area contributed by atoms with Crippen molar-refractivity contribution in [1.82, 2.24) is 14.6 Å². The lowest BCUT2D eigenvalue weighted by Gasteiger charge is -2.13. The number of esters is 1. The SMILES string of the molecule is CCOC(=O)c1cc(C(C)C)n2nc(C)c(-c3c(C)cccc3CO)c2n1. The number of aliphatic hydroxyl groups is 1. The monoisotopic (exact) mass is 367 g/mol. The van der Waals surface area contributed by atoms with Crippen LogP contribution in [0.5, 0.6) is 0 Å². The van der Waals surface area contributed by atoms with E-state index in [0.29, 0.717) is 12.3 Å². The van der Waals surface area contributed by atoms with Crippen LogP contribution in [0.1, 0.15) is 59.7 Å². The third kappa shape index (κ3) is 3.32. The van der Waals surface area contributed by atoms with Crippen molar-refractivity contribution in [3.63, 3.8) is 0 Å². The molecule has 3 aromatic rings. The number of fused-ring (bicyclic) bond motifs is 1. The minimum absolute atomic E-state index is 0.0810. The summed E-state index contributed by atoms with van der Waals surface area (Å²) in [5.41, 5.74) is 6.14. The third-order valence-electron chi connectivity index (χ3n) is 4.65. The van der Waals surface area contributed by atoms with E-state index in [9.17, 15) is 9.90 Å². The van der Waals surface area contributed by atoms with Gasteiger partial charge in [0, 0.05) is 5.69 Å². The Morgan fingerprint density at radius 1 is 1.26 bits per heavy atom. The molecular formula is C21H25N3O3. The molecule has 0 radical (unpaired) electrons. The maximum atomic E-state index is 12.4. The first-order chi connectivity index (χ1) is 12.9. The molecule has 1 aromatic carbocycles. The standard InChI is InChI=1S/C21H25N3O3/c1-6-27-21(26)16-10-17(12(2)3)24-20(22-16)19(14(5)23-24)18-13(4)8-7-9-15(18)11-25/h7-10,12,25H,6,11H2,1-5H3. The molecule has 0 aliphatic carbocycles. The first-order valence-corrected chi connectivity index (χ1v) is 9.16. The molecule has 0 atom stereocenters. The van der Waals surface area contributed by atoms with Gasteiger partial charge in [0.1, 0.15) is 0 Å². The van der Waals surface area contributed by atoms with E-state index >= 15 is 0 Å². The van der Waals surface area contributed by atoms with Gasteiger partial charge in [0.05, 0.1) is 24.5 Å². The lowest BCUT2D eigenvalue weighted by Crippen LogP contribution is -2.12. The molecule has 0 saturated heterocycles. The largest absolute Gasteiger partial charge is 0.461 e. The van der Waals surface area contributed by atoms with Gasteiger partial charge in [-0.2, -0.15) is 5.10 Å². The van der Waals surface area contributed by atoms with Gasteiger partial charge < -0.3 is 9.84 Å². The maximum absolute atomic E-state index is 12.4. The highest BCUT2D eigenvalue weighted by molar-refractivity contribution is 5.90. The van der Waals surface area contributed by atoms with Crippen molar-refractivity contribution in [2.24, 2.45) is 0 Å². The summed E-state index contributed by atoms with van der Waals surface area (Å²) in [5.74, 6) is -0.302. The highest BCUT2D eigenvalue weighted by Crippen LogP contribution is 2.34. The van der Waals surface area contributed by atoms with E-state index in [2.05, 4.69) is 4.98 Å². The van der Waals surface area contributed by atoms with Crippen LogP contribution < -0.4 is 0 Å². The predicted octanol–water partition coefficient (Wildman–Crippen LogP) is 3.81. The fourth-order valence-corrected chi connectivity index (χ4v) is 3.38. The summed E-state index contributed by atoms with van der Waals surface area (Å²) in [4.78, 5) is 16.9. The summed E-state index contributed by atoms with van der Waals surface area (Å²) in [6.07, 6.45) is 0. The molecule has 2 heterocycles. The van der Waals surface area contributed by atoms with Crippen LogP contribution in [-0.2, 0) is 11.3 Å². The van der Waals surface area contributed by atoms with Crippen LogP contribution >= 0.6 is 0 Å². The van der Waals surface area contributed by atoms with E-state index in [4.69, 9.17) is 9.84 Å². The van der Waals surface area contributed by atoms with Crippen LogP contribution in [0, 0.1) is 13.8 Å². The number of carbonyl (C=O) groups excluding carboxylic acids is 1. The fraction of sp³-hybridized carbons (Fsp3) is 0.381. The van der Waals surface area contributed by atoms with E-state index in [-0.39, 0.29) is 18.2 Å². The van der Waals surface area contributed by atoms with Crippen LogP contribution in [-0.4, -0.2) is 32.3 Å². The predicted molar refractivity (Wildman–Crippen MR) is 104 cm³/mol. The Morgan fingerprint density at radius 3 is 2.63 bits per heavy atom. The normalized spacial score (nSPS) is 11.4. The lowest BCUT2D eigenvalue weighted by molar-refractivity contribution is 0.0519. The molecule has 0 spiro atoms. The molecular weight excluding hydrogens is 342 g/mol. The number of hydrogen-bond donors (Lipinski definition) is 1. The smallest absolute Gasteiger partial charge is 0.357 e. The van der Waals surface area contributed by atoms with Crippen molar-refractivity contribution in [3.05, 3.63) is 52.5 Å². The molecule has 142 valence electrons. The molecule has 0 aliphatic heterocycles. The Balaban J connectivity index is 2.38. The van der Waals surface area contributed by atoms with Gasteiger partial charge in [0.15, 0.2) is 11.3 Å². The van der Waals surface area contributed by atoms with E-state index < -0.39 is 5.97 Å². The quantitative estimate of drug-likeness (QED) is 0.694. The van der Waals surface area contributed by atoms with E-state index in [1.165, 1.54) is 0 Å². The van der Waals surface area contributed by atoms with Gasteiger partial charge in [-0.3, -0.25) is 0 Å². The summed E-state index contributed by atoms with van der Waals surface area (Å²) >= 11 is 0. The fourth-order valence-electron chi connectivity index (χ4n) is 3.38. The average molecular weight is 367 g/mol. The summed E-state index contributed by atoms with van der Waals surface area (Å²) in [6, 6.07) is 7.55. The lowest BCUT2D eigenvalue weighted by atomic mass is 9.95. The zero-order valence-electron chi connectivity index (χ0n) is 16.4.